The lowest BCUT2D eigenvalue weighted by Gasteiger charge is -2.40. The van der Waals surface area contributed by atoms with E-state index in [1.807, 2.05) is 11.9 Å². The van der Waals surface area contributed by atoms with Crippen molar-refractivity contribution in [3.8, 4) is 0 Å². The molecule has 0 aromatic carbocycles. The van der Waals surface area contributed by atoms with Crippen molar-refractivity contribution in [3.05, 3.63) is 0 Å². The highest BCUT2D eigenvalue weighted by Gasteiger charge is 2.41. The summed E-state index contributed by atoms with van der Waals surface area (Å²) in [5.74, 6) is 0.359. The molecule has 0 aliphatic carbocycles. The number of carbonyl (C=O) groups excluding carboxylic acids is 1. The third-order valence-electron chi connectivity index (χ3n) is 4.34. The lowest BCUT2D eigenvalue weighted by Crippen LogP contribution is -2.52. The molecule has 1 amide bonds. The highest BCUT2D eigenvalue weighted by Crippen LogP contribution is 2.34. The van der Waals surface area contributed by atoms with E-state index in [-0.39, 0.29) is 5.41 Å². The van der Waals surface area contributed by atoms with Crippen molar-refractivity contribution in [2.24, 2.45) is 5.41 Å². The van der Waals surface area contributed by atoms with E-state index < -0.39 is 0 Å². The molecule has 106 valence electrons. The Morgan fingerprint density at radius 3 is 2.61 bits per heavy atom. The van der Waals surface area contributed by atoms with Gasteiger partial charge in [-0.3, -0.25) is 4.79 Å². The fraction of sp³-hybridized carbons (Fsp3) is 0.933. The number of nitrogens with one attached hydrogen (secondary N) is 1. The monoisotopic (exact) mass is 254 g/mol. The van der Waals surface area contributed by atoms with Crippen LogP contribution in [0.1, 0.15) is 59.3 Å². The maximum absolute atomic E-state index is 12.8. The smallest absolute Gasteiger partial charge is 0.230 e. The average Bonchev–Trinajstić information content (AvgIpc) is 2.38. The summed E-state index contributed by atoms with van der Waals surface area (Å²) in [6.45, 7) is 8.45. The molecule has 1 N–H and O–H groups in total. The zero-order valence-electron chi connectivity index (χ0n) is 12.6. The van der Waals surface area contributed by atoms with Gasteiger partial charge in [0.15, 0.2) is 0 Å². The van der Waals surface area contributed by atoms with Gasteiger partial charge in [0, 0.05) is 19.6 Å². The van der Waals surface area contributed by atoms with Crippen LogP contribution in [0.2, 0.25) is 0 Å². The van der Waals surface area contributed by atoms with Crippen molar-refractivity contribution in [3.63, 3.8) is 0 Å². The van der Waals surface area contributed by atoms with Crippen molar-refractivity contribution in [1.29, 1.82) is 0 Å². The molecule has 0 saturated carbocycles. The molecule has 0 radical (unpaired) electrons. The molecule has 2 atom stereocenters. The first-order chi connectivity index (χ1) is 8.57. The molecule has 1 aliphatic rings. The van der Waals surface area contributed by atoms with Crippen molar-refractivity contribution < 1.29 is 4.79 Å². The highest BCUT2D eigenvalue weighted by atomic mass is 16.2. The molecule has 1 saturated heterocycles. The van der Waals surface area contributed by atoms with Crippen molar-refractivity contribution in [2.75, 3.05) is 20.1 Å². The normalized spacial score (nSPS) is 25.8. The number of hydrogen-bond donors (Lipinski definition) is 1. The maximum Gasteiger partial charge on any atom is 0.230 e. The highest BCUT2D eigenvalue weighted by molar-refractivity contribution is 5.83. The molecular formula is C15H30N2O. The quantitative estimate of drug-likeness (QED) is 0.790. The predicted octanol–water partition coefficient (Wildman–Crippen LogP) is 2.80. The maximum atomic E-state index is 12.8. The summed E-state index contributed by atoms with van der Waals surface area (Å²) in [6, 6.07) is 0.359. The summed E-state index contributed by atoms with van der Waals surface area (Å²) in [5, 5.41) is 3.42. The fourth-order valence-corrected chi connectivity index (χ4v) is 3.13. The van der Waals surface area contributed by atoms with Crippen LogP contribution in [0.25, 0.3) is 0 Å². The second-order valence-electron chi connectivity index (χ2n) is 5.86. The van der Waals surface area contributed by atoms with Crippen LogP contribution in [0, 0.1) is 5.41 Å². The summed E-state index contributed by atoms with van der Waals surface area (Å²) in [4.78, 5) is 14.8. The van der Waals surface area contributed by atoms with Crippen molar-refractivity contribution >= 4 is 5.91 Å². The molecule has 3 heteroatoms. The van der Waals surface area contributed by atoms with E-state index in [0.29, 0.717) is 11.9 Å². The number of rotatable bonds is 6. The molecule has 1 heterocycles. The second kappa shape index (κ2) is 7.13. The van der Waals surface area contributed by atoms with Crippen molar-refractivity contribution in [2.45, 2.75) is 65.3 Å². The molecule has 1 aliphatic heterocycles. The van der Waals surface area contributed by atoms with Gasteiger partial charge in [-0.1, -0.05) is 26.7 Å². The Morgan fingerprint density at radius 2 is 2.11 bits per heavy atom. The molecule has 1 rings (SSSR count). The Labute approximate surface area is 112 Å². The third-order valence-corrected chi connectivity index (χ3v) is 4.34. The van der Waals surface area contributed by atoms with Gasteiger partial charge in [-0.2, -0.15) is 0 Å². The molecule has 0 bridgehead atoms. The first-order valence-electron chi connectivity index (χ1n) is 7.55. The lowest BCUT2D eigenvalue weighted by atomic mass is 9.75. The topological polar surface area (TPSA) is 32.3 Å². The van der Waals surface area contributed by atoms with Crippen LogP contribution in [0.3, 0.4) is 0 Å². The number of amides is 1. The minimum Gasteiger partial charge on any atom is -0.343 e. The first-order valence-corrected chi connectivity index (χ1v) is 7.55. The third kappa shape index (κ3) is 3.47. The summed E-state index contributed by atoms with van der Waals surface area (Å²) in [6.07, 6.45) is 6.51. The minimum atomic E-state index is -0.135. The summed E-state index contributed by atoms with van der Waals surface area (Å²) < 4.78 is 0. The molecule has 2 unspecified atom stereocenters. The number of nitrogens with zero attached hydrogens (tertiary/aromatic N) is 1. The van der Waals surface area contributed by atoms with E-state index in [1.165, 1.54) is 0 Å². The van der Waals surface area contributed by atoms with Gasteiger partial charge in [-0.25, -0.2) is 0 Å². The Bertz CT molecular complexity index is 254. The Kier molecular flexibility index (Phi) is 6.13. The minimum absolute atomic E-state index is 0.135. The van der Waals surface area contributed by atoms with Gasteiger partial charge in [-0.05, 0) is 39.2 Å². The van der Waals surface area contributed by atoms with Gasteiger partial charge in [-0.15, -0.1) is 0 Å². The zero-order chi connectivity index (χ0) is 13.6. The number of piperidine rings is 1. The average molecular weight is 254 g/mol. The van der Waals surface area contributed by atoms with Gasteiger partial charge in [0.2, 0.25) is 5.91 Å². The number of hydrogen-bond acceptors (Lipinski definition) is 2. The number of carbonyl (C=O) groups is 1. The molecular weight excluding hydrogens is 224 g/mol. The molecule has 1 fully saturated rings. The van der Waals surface area contributed by atoms with Crippen molar-refractivity contribution in [1.82, 2.24) is 10.2 Å². The van der Waals surface area contributed by atoms with E-state index in [1.54, 1.807) is 0 Å². The van der Waals surface area contributed by atoms with Crippen LogP contribution in [0.5, 0.6) is 0 Å². The molecule has 18 heavy (non-hydrogen) atoms. The Hall–Kier alpha value is -0.570. The van der Waals surface area contributed by atoms with Crippen LogP contribution in [0.4, 0.5) is 0 Å². The van der Waals surface area contributed by atoms with Gasteiger partial charge in [0.25, 0.3) is 0 Å². The molecule has 0 aromatic heterocycles. The van der Waals surface area contributed by atoms with Gasteiger partial charge < -0.3 is 10.2 Å². The zero-order valence-corrected chi connectivity index (χ0v) is 12.6. The summed E-state index contributed by atoms with van der Waals surface area (Å²) in [5.41, 5.74) is -0.135. The first kappa shape index (κ1) is 15.5. The predicted molar refractivity (Wildman–Crippen MR) is 76.6 cm³/mol. The van der Waals surface area contributed by atoms with E-state index in [4.69, 9.17) is 0 Å². The SMILES string of the molecule is CCCC(C)N(C)C(=O)C1(CCC)CCCNC1. The van der Waals surface area contributed by atoms with Gasteiger partial charge in [0.1, 0.15) is 0 Å². The standard InChI is InChI=1S/C15H30N2O/c1-5-8-13(3)17(4)14(18)15(9-6-2)10-7-11-16-12-15/h13,16H,5-12H2,1-4H3. The van der Waals surface area contributed by atoms with Gasteiger partial charge in [0.05, 0.1) is 5.41 Å². The van der Waals surface area contributed by atoms with E-state index in [0.717, 1.165) is 51.6 Å². The van der Waals surface area contributed by atoms with E-state index >= 15 is 0 Å². The van der Waals surface area contributed by atoms with Crippen LogP contribution in [-0.2, 0) is 4.79 Å². The largest absolute Gasteiger partial charge is 0.343 e. The van der Waals surface area contributed by atoms with E-state index in [2.05, 4.69) is 26.1 Å². The Morgan fingerprint density at radius 1 is 1.39 bits per heavy atom. The Balaban J connectivity index is 2.75. The van der Waals surface area contributed by atoms with Crippen LogP contribution in [0.15, 0.2) is 0 Å². The fourth-order valence-electron chi connectivity index (χ4n) is 3.13. The van der Waals surface area contributed by atoms with Crippen LogP contribution < -0.4 is 5.32 Å². The van der Waals surface area contributed by atoms with Crippen LogP contribution in [-0.4, -0.2) is 37.0 Å². The lowest BCUT2D eigenvalue weighted by molar-refractivity contribution is -0.144. The van der Waals surface area contributed by atoms with E-state index in [9.17, 15) is 4.79 Å². The summed E-state index contributed by atoms with van der Waals surface area (Å²) >= 11 is 0. The molecule has 3 nitrogen and oxygen atoms in total. The molecule has 0 aromatic rings. The van der Waals surface area contributed by atoms with Crippen LogP contribution >= 0.6 is 0 Å². The summed E-state index contributed by atoms with van der Waals surface area (Å²) in [7, 11) is 1.98. The van der Waals surface area contributed by atoms with Gasteiger partial charge >= 0.3 is 0 Å². The molecule has 0 spiro atoms. The second-order valence-corrected chi connectivity index (χ2v) is 5.86.